The fourth-order valence-corrected chi connectivity index (χ4v) is 4.63. The van der Waals surface area contributed by atoms with Crippen LogP contribution in [0.5, 0.6) is 5.75 Å². The van der Waals surface area contributed by atoms with E-state index in [-0.39, 0.29) is 38.0 Å². The highest BCUT2D eigenvalue weighted by Gasteiger charge is 2.59. The van der Waals surface area contributed by atoms with Gasteiger partial charge < -0.3 is 19.3 Å². The number of rotatable bonds is 8. The van der Waals surface area contributed by atoms with Crippen molar-refractivity contribution in [1.29, 1.82) is 0 Å². The largest absolute Gasteiger partial charge is 0.489 e. The summed E-state index contributed by atoms with van der Waals surface area (Å²) in [4.78, 5) is 34.2. The maximum absolute atomic E-state index is 13.7. The van der Waals surface area contributed by atoms with Crippen LogP contribution in [0.25, 0.3) is 0 Å². The molecule has 2 N–H and O–H groups in total. The Kier molecular flexibility index (Phi) is 6.84. The van der Waals surface area contributed by atoms with Gasteiger partial charge in [0.15, 0.2) is 6.29 Å². The fourth-order valence-electron chi connectivity index (χ4n) is 4.41. The third-order valence-electron chi connectivity index (χ3n) is 6.48. The van der Waals surface area contributed by atoms with Gasteiger partial charge in [-0.3, -0.25) is 9.55 Å². The molecule has 0 spiro atoms. The molecule has 11 heteroatoms. The van der Waals surface area contributed by atoms with Gasteiger partial charge in [-0.05, 0) is 44.5 Å². The molecule has 5 rings (SSSR count). The van der Waals surface area contributed by atoms with Gasteiger partial charge in [0.1, 0.15) is 11.9 Å². The summed E-state index contributed by atoms with van der Waals surface area (Å²) < 4.78 is 18.8. The van der Waals surface area contributed by atoms with Crippen LogP contribution in [0, 0.1) is 12.3 Å². The number of aliphatic hydroxyl groups is 1. The van der Waals surface area contributed by atoms with Gasteiger partial charge in [0.05, 0.1) is 42.0 Å². The molecule has 37 heavy (non-hydrogen) atoms. The second-order valence-electron chi connectivity index (χ2n) is 9.89. The van der Waals surface area contributed by atoms with Crippen LogP contribution in [-0.2, 0) is 22.6 Å². The molecule has 1 aromatic heterocycles. The maximum Gasteiger partial charge on any atom is 0.335 e. The first kappa shape index (κ1) is 25.5. The molecule has 0 amide bonds. The molecule has 2 fully saturated rings. The zero-order valence-corrected chi connectivity index (χ0v) is 21.6. The average molecular weight is 529 g/mol. The Morgan fingerprint density at radius 3 is 2.46 bits per heavy atom. The summed E-state index contributed by atoms with van der Waals surface area (Å²) in [5, 5.41) is 10.2. The van der Waals surface area contributed by atoms with Gasteiger partial charge >= 0.3 is 11.4 Å². The fraction of sp³-hybridized carbons (Fsp3) is 0.423. The maximum atomic E-state index is 13.7. The zero-order chi connectivity index (χ0) is 26.3. The molecular formula is C26H29ClN4O6. The van der Waals surface area contributed by atoms with Crippen molar-refractivity contribution in [2.24, 2.45) is 10.4 Å². The summed E-state index contributed by atoms with van der Waals surface area (Å²) in [6, 6.07) is 12.8. The van der Waals surface area contributed by atoms with E-state index in [0.29, 0.717) is 16.5 Å². The first-order valence-electron chi connectivity index (χ1n) is 12.1. The van der Waals surface area contributed by atoms with E-state index in [4.69, 9.17) is 25.8 Å². The van der Waals surface area contributed by atoms with E-state index in [1.54, 1.807) is 18.2 Å². The molecule has 3 aromatic rings. The number of aryl methyl sites for hydroxylation is 1. The van der Waals surface area contributed by atoms with Gasteiger partial charge in [0.2, 0.25) is 5.62 Å². The lowest BCUT2D eigenvalue weighted by atomic mass is 9.82. The number of benzene rings is 2. The molecule has 2 saturated heterocycles. The smallest absolute Gasteiger partial charge is 0.335 e. The molecular weight excluding hydrogens is 500 g/mol. The monoisotopic (exact) mass is 528 g/mol. The number of ether oxygens (including phenoxy) is 3. The van der Waals surface area contributed by atoms with Crippen LogP contribution in [0.3, 0.4) is 0 Å². The van der Waals surface area contributed by atoms with Crippen molar-refractivity contribution in [2.45, 2.75) is 52.4 Å². The van der Waals surface area contributed by atoms with Crippen molar-refractivity contribution in [3.8, 4) is 5.75 Å². The number of hydrogen-bond donors (Lipinski definition) is 2. The number of aliphatic hydroxyl groups excluding tert-OH is 1. The Morgan fingerprint density at radius 2 is 1.89 bits per heavy atom. The van der Waals surface area contributed by atoms with E-state index in [2.05, 4.69) is 9.98 Å². The molecule has 0 aliphatic carbocycles. The van der Waals surface area contributed by atoms with Gasteiger partial charge in [0.25, 0.3) is 0 Å². The topological polar surface area (TPSA) is 123 Å². The summed E-state index contributed by atoms with van der Waals surface area (Å²) in [5.74, 6) is 0.518. The van der Waals surface area contributed by atoms with Crippen molar-refractivity contribution in [3.63, 3.8) is 0 Å². The minimum Gasteiger partial charge on any atom is -0.489 e. The minimum atomic E-state index is -0.917. The van der Waals surface area contributed by atoms with Crippen molar-refractivity contribution < 1.29 is 19.3 Å². The van der Waals surface area contributed by atoms with Gasteiger partial charge in [-0.15, -0.1) is 0 Å². The number of aromatic amines is 1. The van der Waals surface area contributed by atoms with Crippen LogP contribution < -0.4 is 21.7 Å². The molecule has 10 nitrogen and oxygen atoms in total. The van der Waals surface area contributed by atoms with E-state index in [1.807, 2.05) is 45.0 Å². The molecule has 2 aliphatic heterocycles. The molecule has 0 radical (unpaired) electrons. The van der Waals surface area contributed by atoms with Crippen molar-refractivity contribution >= 4 is 17.3 Å². The molecule has 196 valence electrons. The molecule has 3 heterocycles. The highest BCUT2D eigenvalue weighted by Crippen LogP contribution is 2.44. The quantitative estimate of drug-likeness (QED) is 0.432. The highest BCUT2D eigenvalue weighted by atomic mass is 35.5. The normalized spacial score (nSPS) is 20.6. The van der Waals surface area contributed by atoms with Gasteiger partial charge in [-0.25, -0.2) is 19.1 Å². The van der Waals surface area contributed by atoms with Crippen LogP contribution in [-0.4, -0.2) is 50.9 Å². The van der Waals surface area contributed by atoms with E-state index in [0.717, 1.165) is 15.7 Å². The van der Waals surface area contributed by atoms with Crippen LogP contribution in [0.15, 0.2) is 57.0 Å². The Labute approximate surface area is 217 Å². The third-order valence-corrected chi connectivity index (χ3v) is 6.78. The van der Waals surface area contributed by atoms with Crippen molar-refractivity contribution in [1.82, 2.24) is 14.1 Å². The Balaban J connectivity index is 1.59. The SMILES string of the molecule is Cc1ccc(Cn2c(=O)n(CC3(C4OC4O)COC3)c(=O)[nH]/c2=N\c2ccc(OC(C)C)c(Cl)c2)cc1. The molecule has 2 unspecified atom stereocenters. The molecule has 0 bridgehead atoms. The first-order chi connectivity index (χ1) is 17.6. The number of nitrogens with zero attached hydrogens (tertiary/aromatic N) is 3. The zero-order valence-electron chi connectivity index (χ0n) is 20.8. The lowest BCUT2D eigenvalue weighted by molar-refractivity contribution is -0.136. The predicted molar refractivity (Wildman–Crippen MR) is 136 cm³/mol. The lowest BCUT2D eigenvalue weighted by Crippen LogP contribution is -2.57. The minimum absolute atomic E-state index is 0.0458. The van der Waals surface area contributed by atoms with E-state index < -0.39 is 29.2 Å². The van der Waals surface area contributed by atoms with Gasteiger partial charge in [0, 0.05) is 6.54 Å². The number of hydrogen-bond acceptors (Lipinski definition) is 7. The van der Waals surface area contributed by atoms with Gasteiger partial charge in [-0.2, -0.15) is 0 Å². The second-order valence-corrected chi connectivity index (χ2v) is 10.3. The van der Waals surface area contributed by atoms with E-state index in [9.17, 15) is 14.7 Å². The van der Waals surface area contributed by atoms with Crippen LogP contribution in [0.1, 0.15) is 25.0 Å². The van der Waals surface area contributed by atoms with Crippen LogP contribution >= 0.6 is 11.6 Å². The average Bonchev–Trinajstić information content (AvgIpc) is 3.55. The third kappa shape index (κ3) is 5.28. The highest BCUT2D eigenvalue weighted by molar-refractivity contribution is 6.32. The van der Waals surface area contributed by atoms with E-state index in [1.165, 1.54) is 4.57 Å². The number of H-pyrrole nitrogens is 1. The Bertz CT molecular complexity index is 1490. The first-order valence-corrected chi connectivity index (χ1v) is 12.4. The summed E-state index contributed by atoms with van der Waals surface area (Å²) in [6.45, 7) is 6.58. The second kappa shape index (κ2) is 9.94. The van der Waals surface area contributed by atoms with Gasteiger partial charge in [-0.1, -0.05) is 41.4 Å². The summed E-state index contributed by atoms with van der Waals surface area (Å²) in [7, 11) is 0. The predicted octanol–water partition coefficient (Wildman–Crippen LogP) is 2.10. The van der Waals surface area contributed by atoms with E-state index >= 15 is 0 Å². The molecule has 2 aliphatic rings. The Morgan fingerprint density at radius 1 is 1.19 bits per heavy atom. The lowest BCUT2D eigenvalue weighted by Gasteiger charge is -2.40. The molecule has 0 saturated carbocycles. The number of halogens is 1. The summed E-state index contributed by atoms with van der Waals surface area (Å²) >= 11 is 6.38. The number of aromatic nitrogens is 3. The standard InChI is InChI=1S/C26H29ClN4O6/c1-15(2)36-20-9-8-18(10-19(20)27)28-23-29-24(33)31(12-26(13-35-14-26)21-22(32)37-21)25(34)30(23)11-17-6-4-16(3)5-7-17/h4-10,15,21-22,32H,11-14H2,1-3H3,(H,28,29,33). The van der Waals surface area contributed by atoms with Crippen LogP contribution in [0.4, 0.5) is 5.69 Å². The van der Waals surface area contributed by atoms with Crippen molar-refractivity contribution in [3.05, 3.63) is 85.2 Å². The molecule has 2 atom stereocenters. The van der Waals surface area contributed by atoms with Crippen molar-refractivity contribution in [2.75, 3.05) is 13.2 Å². The van der Waals surface area contributed by atoms with Crippen LogP contribution in [0.2, 0.25) is 5.02 Å². The summed E-state index contributed by atoms with van der Waals surface area (Å²) in [5.41, 5.74) is 0.699. The number of epoxide rings is 1. The number of nitrogens with one attached hydrogen (secondary N) is 1. The Hall–Kier alpha value is -3.18. The summed E-state index contributed by atoms with van der Waals surface area (Å²) in [6.07, 6.45) is -1.44. The molecule has 2 aromatic carbocycles.